The molecule has 10 heteroatoms. The Morgan fingerprint density at radius 2 is 2.10 bits per heavy atom. The summed E-state index contributed by atoms with van der Waals surface area (Å²) in [4.78, 5) is 14.1. The smallest absolute Gasteiger partial charge is 0.254 e. The number of aryl methyl sites for hydroxylation is 1. The Balaban J connectivity index is 1.49. The summed E-state index contributed by atoms with van der Waals surface area (Å²) in [5.41, 5.74) is 9.12. The molecule has 4 N–H and O–H groups in total. The van der Waals surface area contributed by atoms with Crippen LogP contribution in [-0.2, 0) is 13.6 Å². The lowest BCUT2D eigenvalue weighted by molar-refractivity contribution is 0.100. The summed E-state index contributed by atoms with van der Waals surface area (Å²) in [7, 11) is 1.92. The number of likely N-dealkylation sites (tertiary alicyclic amines) is 1. The maximum atomic E-state index is 13.2. The van der Waals surface area contributed by atoms with E-state index < -0.39 is 5.91 Å². The first-order chi connectivity index (χ1) is 14.8. The van der Waals surface area contributed by atoms with Crippen molar-refractivity contribution in [3.8, 4) is 0 Å². The molecule has 0 bridgehead atoms. The molecule has 1 aromatic carbocycles. The van der Waals surface area contributed by atoms with Crippen LogP contribution in [-0.4, -0.2) is 49.2 Å². The van der Waals surface area contributed by atoms with E-state index in [0.29, 0.717) is 30.2 Å². The molecule has 4 rings (SSSR count). The fourth-order valence-electron chi connectivity index (χ4n) is 3.77. The van der Waals surface area contributed by atoms with Gasteiger partial charge >= 0.3 is 0 Å². The number of halogens is 1. The van der Waals surface area contributed by atoms with E-state index in [1.165, 1.54) is 12.1 Å². The standard InChI is InChI=1S/C21H25FN8O/c1-13-14(9-25-28(13)2)10-29-8-7-19(18(23)12-29)30-11-17(20(24)31)21(27-30)26-16-5-3-15(22)4-6-16/h3-6,9,11,19,23H,7-8,10,12H2,1-2H3,(H2,24,31)(H,26,27). The summed E-state index contributed by atoms with van der Waals surface area (Å²) in [5.74, 6) is -0.680. The van der Waals surface area contributed by atoms with E-state index in [4.69, 9.17) is 11.1 Å². The number of benzene rings is 1. The molecule has 0 spiro atoms. The largest absolute Gasteiger partial charge is 0.365 e. The molecule has 1 fully saturated rings. The number of aromatic nitrogens is 4. The summed E-state index contributed by atoms with van der Waals surface area (Å²) in [6.45, 7) is 4.06. The number of hydrogen-bond acceptors (Lipinski definition) is 6. The van der Waals surface area contributed by atoms with Crippen LogP contribution in [0.5, 0.6) is 0 Å². The van der Waals surface area contributed by atoms with Gasteiger partial charge in [-0.25, -0.2) is 4.39 Å². The zero-order valence-electron chi connectivity index (χ0n) is 17.5. The highest BCUT2D eigenvalue weighted by atomic mass is 19.1. The molecule has 1 saturated heterocycles. The van der Waals surface area contributed by atoms with Crippen molar-refractivity contribution in [2.75, 3.05) is 18.4 Å². The van der Waals surface area contributed by atoms with Crippen LogP contribution in [0.25, 0.3) is 0 Å². The second-order valence-electron chi connectivity index (χ2n) is 7.79. The van der Waals surface area contributed by atoms with Gasteiger partial charge in [0.25, 0.3) is 5.91 Å². The van der Waals surface area contributed by atoms with Crippen LogP contribution < -0.4 is 11.1 Å². The van der Waals surface area contributed by atoms with Crippen molar-refractivity contribution < 1.29 is 9.18 Å². The van der Waals surface area contributed by atoms with E-state index in [-0.39, 0.29) is 17.4 Å². The normalized spacial score (nSPS) is 17.1. The molecule has 9 nitrogen and oxygen atoms in total. The van der Waals surface area contributed by atoms with E-state index in [2.05, 4.69) is 20.4 Å². The molecule has 1 aliphatic rings. The summed E-state index contributed by atoms with van der Waals surface area (Å²) in [5, 5.41) is 20.4. The number of amides is 1. The topological polar surface area (TPSA) is 118 Å². The Kier molecular flexibility index (Phi) is 5.55. The van der Waals surface area contributed by atoms with E-state index in [0.717, 1.165) is 24.3 Å². The molecule has 1 atom stereocenters. The second kappa shape index (κ2) is 8.31. The number of anilines is 2. The summed E-state index contributed by atoms with van der Waals surface area (Å²) < 4.78 is 16.6. The molecule has 3 aromatic rings. The van der Waals surface area contributed by atoms with Gasteiger partial charge in [-0.15, -0.1) is 0 Å². The van der Waals surface area contributed by atoms with Crippen molar-refractivity contribution in [2.24, 2.45) is 12.8 Å². The first-order valence-electron chi connectivity index (χ1n) is 10.0. The van der Waals surface area contributed by atoms with Gasteiger partial charge in [0.05, 0.1) is 12.2 Å². The monoisotopic (exact) mass is 424 g/mol. The molecule has 1 aliphatic heterocycles. The quantitative estimate of drug-likeness (QED) is 0.562. The minimum Gasteiger partial charge on any atom is -0.365 e. The average molecular weight is 424 g/mol. The second-order valence-corrected chi connectivity index (χ2v) is 7.79. The van der Waals surface area contributed by atoms with Crippen molar-refractivity contribution in [1.82, 2.24) is 24.5 Å². The van der Waals surface area contributed by atoms with Crippen LogP contribution in [0, 0.1) is 18.2 Å². The van der Waals surface area contributed by atoms with E-state index in [1.54, 1.807) is 23.0 Å². The molecule has 3 heterocycles. The molecule has 31 heavy (non-hydrogen) atoms. The summed E-state index contributed by atoms with van der Waals surface area (Å²) in [6.07, 6.45) is 4.13. The lowest BCUT2D eigenvalue weighted by Crippen LogP contribution is -2.41. The maximum absolute atomic E-state index is 13.2. The number of hydrogen-bond donors (Lipinski definition) is 3. The lowest BCUT2D eigenvalue weighted by Gasteiger charge is -2.32. The SMILES string of the molecule is Cc1c(CN2CCC(n3cc(C(N)=O)c(Nc4ccc(F)cc4)n3)C(=N)C2)cnn1C. The first-order valence-corrected chi connectivity index (χ1v) is 10.0. The van der Waals surface area contributed by atoms with Gasteiger partial charge in [-0.3, -0.25) is 19.1 Å². The predicted octanol–water partition coefficient (Wildman–Crippen LogP) is 2.37. The average Bonchev–Trinajstić information content (AvgIpc) is 3.28. The Hall–Kier alpha value is -3.53. The van der Waals surface area contributed by atoms with Crippen LogP contribution in [0.3, 0.4) is 0 Å². The van der Waals surface area contributed by atoms with Gasteiger partial charge in [0.1, 0.15) is 11.4 Å². The number of nitrogens with zero attached hydrogens (tertiary/aromatic N) is 5. The number of nitrogens with one attached hydrogen (secondary N) is 2. The van der Waals surface area contributed by atoms with Crippen molar-refractivity contribution in [2.45, 2.75) is 25.9 Å². The minimum atomic E-state index is -0.619. The highest BCUT2D eigenvalue weighted by Gasteiger charge is 2.28. The van der Waals surface area contributed by atoms with Gasteiger partial charge in [0.2, 0.25) is 0 Å². The Labute approximate surface area is 179 Å². The van der Waals surface area contributed by atoms with Gasteiger partial charge < -0.3 is 16.5 Å². The third kappa shape index (κ3) is 4.33. The third-order valence-corrected chi connectivity index (χ3v) is 5.67. The van der Waals surface area contributed by atoms with Crippen molar-refractivity contribution in [3.63, 3.8) is 0 Å². The van der Waals surface area contributed by atoms with E-state index in [9.17, 15) is 9.18 Å². The summed E-state index contributed by atoms with van der Waals surface area (Å²) in [6, 6.07) is 5.49. The Bertz CT molecular complexity index is 1120. The van der Waals surface area contributed by atoms with Crippen molar-refractivity contribution in [1.29, 1.82) is 5.41 Å². The Morgan fingerprint density at radius 1 is 1.35 bits per heavy atom. The maximum Gasteiger partial charge on any atom is 0.254 e. The third-order valence-electron chi connectivity index (χ3n) is 5.67. The molecule has 1 amide bonds. The number of rotatable bonds is 6. The van der Waals surface area contributed by atoms with Crippen molar-refractivity contribution in [3.05, 3.63) is 59.3 Å². The number of carbonyl (C=O) groups is 1. The number of carbonyl (C=O) groups excluding carboxylic acids is 1. The highest BCUT2D eigenvalue weighted by Crippen LogP contribution is 2.26. The first kappa shape index (κ1) is 20.7. The van der Waals surface area contributed by atoms with Crippen LogP contribution in [0.4, 0.5) is 15.9 Å². The fourth-order valence-corrected chi connectivity index (χ4v) is 3.77. The molecule has 1 unspecified atom stereocenters. The number of nitrogens with two attached hydrogens (primary N) is 1. The van der Waals surface area contributed by atoms with Crippen LogP contribution in [0.1, 0.15) is 34.1 Å². The van der Waals surface area contributed by atoms with Gasteiger partial charge in [-0.05, 0) is 37.6 Å². The molecule has 0 saturated carbocycles. The summed E-state index contributed by atoms with van der Waals surface area (Å²) >= 11 is 0. The molecule has 162 valence electrons. The lowest BCUT2D eigenvalue weighted by atomic mass is 10.0. The zero-order chi connectivity index (χ0) is 22.1. The van der Waals surface area contributed by atoms with Gasteiger partial charge in [0.15, 0.2) is 5.82 Å². The molecular formula is C21H25FN8O. The minimum absolute atomic E-state index is 0.227. The molecule has 2 aromatic heterocycles. The van der Waals surface area contributed by atoms with Gasteiger partial charge in [-0.1, -0.05) is 0 Å². The van der Waals surface area contributed by atoms with Crippen LogP contribution in [0.2, 0.25) is 0 Å². The van der Waals surface area contributed by atoms with Crippen LogP contribution in [0.15, 0.2) is 36.7 Å². The van der Waals surface area contributed by atoms with Crippen LogP contribution >= 0.6 is 0 Å². The van der Waals surface area contributed by atoms with E-state index in [1.807, 2.05) is 24.9 Å². The molecular weight excluding hydrogens is 399 g/mol. The van der Waals surface area contributed by atoms with Crippen molar-refractivity contribution >= 4 is 23.1 Å². The van der Waals surface area contributed by atoms with Gasteiger partial charge in [0, 0.05) is 55.5 Å². The fraction of sp³-hybridized carbons (Fsp3) is 0.333. The zero-order valence-corrected chi connectivity index (χ0v) is 17.5. The van der Waals surface area contributed by atoms with E-state index >= 15 is 0 Å². The number of piperidine rings is 1. The highest BCUT2D eigenvalue weighted by molar-refractivity contribution is 5.98. The number of primary amides is 1. The van der Waals surface area contributed by atoms with Gasteiger partial charge in [-0.2, -0.15) is 10.2 Å². The Morgan fingerprint density at radius 3 is 2.71 bits per heavy atom. The molecule has 0 radical (unpaired) electrons. The predicted molar refractivity (Wildman–Crippen MR) is 115 cm³/mol. The molecule has 0 aliphatic carbocycles.